The summed E-state index contributed by atoms with van der Waals surface area (Å²) in [6.07, 6.45) is 1.84. The van der Waals surface area contributed by atoms with Gasteiger partial charge in [0, 0.05) is 19.8 Å². The Morgan fingerprint density at radius 1 is 0.778 bits per heavy atom. The van der Waals surface area contributed by atoms with Crippen LogP contribution in [-0.4, -0.2) is 50.9 Å². The van der Waals surface area contributed by atoms with Crippen LogP contribution in [0.5, 0.6) is 0 Å². The first-order valence-electron chi connectivity index (χ1n) is 13.1. The van der Waals surface area contributed by atoms with Crippen LogP contribution in [0.2, 0.25) is 5.04 Å². The number of carbonyl (C=O) groups excluding carboxylic acids is 1. The van der Waals surface area contributed by atoms with Gasteiger partial charge in [0.1, 0.15) is 0 Å². The number of hydrogen-bond acceptors (Lipinski definition) is 5. The van der Waals surface area contributed by atoms with E-state index in [0.717, 1.165) is 0 Å². The quantitative estimate of drug-likeness (QED) is 0.303. The van der Waals surface area contributed by atoms with Gasteiger partial charge in [-0.1, -0.05) is 81.4 Å². The van der Waals surface area contributed by atoms with Crippen LogP contribution in [-0.2, 0) is 14.0 Å². The molecule has 0 aromatic heterocycles. The molecule has 0 radical (unpaired) electrons. The Hall–Kier alpha value is -1.99. The molecular weight excluding hydrogens is 468 g/mol. The van der Waals surface area contributed by atoms with Crippen molar-refractivity contribution in [3.8, 4) is 0 Å². The number of benzene rings is 2. The summed E-state index contributed by atoms with van der Waals surface area (Å²) in [6, 6.07) is 21.1. The first-order valence-corrected chi connectivity index (χ1v) is 15.0. The van der Waals surface area contributed by atoms with Gasteiger partial charge >= 0.3 is 5.97 Å². The predicted molar refractivity (Wildman–Crippen MR) is 149 cm³/mol. The Bertz CT molecular complexity index is 863. The molecule has 2 N–H and O–H groups in total. The molecular formula is C30H46O5Si. The van der Waals surface area contributed by atoms with Crippen molar-refractivity contribution in [1.82, 2.24) is 0 Å². The van der Waals surface area contributed by atoms with Gasteiger partial charge in [-0.05, 0) is 67.3 Å². The summed E-state index contributed by atoms with van der Waals surface area (Å²) < 4.78 is 12.5. The van der Waals surface area contributed by atoms with Crippen LogP contribution in [0.25, 0.3) is 0 Å². The molecule has 0 amide bonds. The smallest absolute Gasteiger partial charge is 0.311 e. The van der Waals surface area contributed by atoms with Crippen LogP contribution >= 0.6 is 0 Å². The van der Waals surface area contributed by atoms with Crippen LogP contribution < -0.4 is 10.4 Å². The van der Waals surface area contributed by atoms with Crippen molar-refractivity contribution in [2.75, 3.05) is 26.4 Å². The zero-order valence-corrected chi connectivity index (χ0v) is 24.0. The van der Waals surface area contributed by atoms with E-state index >= 15 is 0 Å². The van der Waals surface area contributed by atoms with Crippen molar-refractivity contribution in [3.63, 3.8) is 0 Å². The second-order valence-corrected chi connectivity index (χ2v) is 16.0. The van der Waals surface area contributed by atoms with Gasteiger partial charge in [0.2, 0.25) is 0 Å². The van der Waals surface area contributed by atoms with E-state index in [1.807, 2.05) is 32.9 Å². The van der Waals surface area contributed by atoms with Crippen LogP contribution in [0.3, 0.4) is 0 Å². The Balaban J connectivity index is 2.22. The predicted octanol–water partition coefficient (Wildman–Crippen LogP) is 4.54. The molecule has 0 fully saturated rings. The lowest BCUT2D eigenvalue weighted by Gasteiger charge is -2.43. The molecule has 0 bridgehead atoms. The largest absolute Gasteiger partial charge is 0.465 e. The molecule has 2 aromatic rings. The fourth-order valence-corrected chi connectivity index (χ4v) is 9.48. The molecule has 6 heteroatoms. The number of esters is 1. The lowest BCUT2D eigenvalue weighted by Crippen LogP contribution is -2.66. The maximum Gasteiger partial charge on any atom is 0.311 e. The van der Waals surface area contributed by atoms with E-state index < -0.39 is 13.7 Å². The number of rotatable bonds is 13. The van der Waals surface area contributed by atoms with Crippen LogP contribution in [0.15, 0.2) is 60.7 Å². The third-order valence-corrected chi connectivity index (χ3v) is 12.0. The van der Waals surface area contributed by atoms with E-state index in [1.54, 1.807) is 0 Å². The summed E-state index contributed by atoms with van der Waals surface area (Å²) in [5, 5.41) is 22.2. The Morgan fingerprint density at radius 2 is 1.28 bits per heavy atom. The maximum atomic E-state index is 12.1. The van der Waals surface area contributed by atoms with E-state index in [1.165, 1.54) is 10.4 Å². The average molecular weight is 515 g/mol. The number of hydrogen-bond donors (Lipinski definition) is 2. The summed E-state index contributed by atoms with van der Waals surface area (Å²) in [5.74, 6) is -0.257. The SMILES string of the molecule is CC(C)(C)C(=O)OCC[C@@H](CO)[C@@H](CCO)CCO[Si](c1ccccc1)(c1ccccc1)C(C)(C)C. The molecule has 0 saturated heterocycles. The van der Waals surface area contributed by atoms with E-state index in [4.69, 9.17) is 9.16 Å². The molecule has 0 unspecified atom stereocenters. The maximum absolute atomic E-state index is 12.1. The molecule has 0 aliphatic carbocycles. The van der Waals surface area contributed by atoms with Gasteiger partial charge < -0.3 is 19.4 Å². The van der Waals surface area contributed by atoms with Gasteiger partial charge in [0.25, 0.3) is 8.32 Å². The van der Waals surface area contributed by atoms with Crippen molar-refractivity contribution in [2.24, 2.45) is 17.3 Å². The summed E-state index contributed by atoms with van der Waals surface area (Å²) in [6.45, 7) is 13.1. The highest BCUT2D eigenvalue weighted by atomic mass is 28.4. The summed E-state index contributed by atoms with van der Waals surface area (Å²) in [5.41, 5.74) is -0.553. The number of aliphatic hydroxyl groups excluding tert-OH is 2. The van der Waals surface area contributed by atoms with E-state index in [0.29, 0.717) is 25.9 Å². The van der Waals surface area contributed by atoms with Crippen LogP contribution in [0.4, 0.5) is 0 Å². The van der Waals surface area contributed by atoms with Crippen molar-refractivity contribution in [3.05, 3.63) is 60.7 Å². The van der Waals surface area contributed by atoms with Crippen molar-refractivity contribution < 1.29 is 24.2 Å². The molecule has 36 heavy (non-hydrogen) atoms. The van der Waals surface area contributed by atoms with E-state index in [9.17, 15) is 15.0 Å². The average Bonchev–Trinajstić information content (AvgIpc) is 2.83. The molecule has 0 heterocycles. The number of ether oxygens (including phenoxy) is 1. The molecule has 200 valence electrons. The molecule has 5 nitrogen and oxygen atoms in total. The van der Waals surface area contributed by atoms with Crippen molar-refractivity contribution in [2.45, 2.75) is 65.8 Å². The van der Waals surface area contributed by atoms with E-state index in [-0.39, 0.29) is 42.7 Å². The van der Waals surface area contributed by atoms with Gasteiger partial charge in [-0.15, -0.1) is 0 Å². The van der Waals surface area contributed by atoms with Gasteiger partial charge in [-0.3, -0.25) is 4.79 Å². The molecule has 2 aromatic carbocycles. The van der Waals surface area contributed by atoms with Crippen LogP contribution in [0.1, 0.15) is 60.8 Å². The first kappa shape index (κ1) is 30.2. The molecule has 0 aliphatic heterocycles. The molecule has 2 rings (SSSR count). The standard InChI is InChI=1S/C30H46O5Si/c1-29(2,3)28(33)34-21-18-25(23-32)24(17-20-31)19-22-35-36(30(4,5)6,26-13-9-7-10-14-26)27-15-11-8-12-16-27/h7-16,24-25,31-32H,17-23H2,1-6H3/t24-,25-/m0/s1. The minimum atomic E-state index is -2.64. The highest BCUT2D eigenvalue weighted by Gasteiger charge is 2.50. The second kappa shape index (κ2) is 13.5. The zero-order valence-electron chi connectivity index (χ0n) is 23.0. The monoisotopic (exact) mass is 514 g/mol. The fourth-order valence-electron chi connectivity index (χ4n) is 4.90. The van der Waals surface area contributed by atoms with Crippen molar-refractivity contribution in [1.29, 1.82) is 0 Å². The Morgan fingerprint density at radius 3 is 1.69 bits per heavy atom. The highest BCUT2D eigenvalue weighted by Crippen LogP contribution is 2.37. The topological polar surface area (TPSA) is 76.0 Å². The lowest BCUT2D eigenvalue weighted by atomic mass is 9.85. The minimum absolute atomic E-state index is 0.0169. The van der Waals surface area contributed by atoms with Gasteiger partial charge in [0.15, 0.2) is 0 Å². The first-order chi connectivity index (χ1) is 17.0. The normalized spacial score (nSPS) is 14.3. The fraction of sp³-hybridized carbons (Fsp3) is 0.567. The molecule has 0 spiro atoms. The summed E-state index contributed by atoms with van der Waals surface area (Å²) in [7, 11) is -2.64. The third-order valence-electron chi connectivity index (χ3n) is 6.96. The van der Waals surface area contributed by atoms with Gasteiger partial charge in [-0.25, -0.2) is 0 Å². The molecule has 0 aliphatic rings. The zero-order chi connectivity index (χ0) is 26.8. The lowest BCUT2D eigenvalue weighted by molar-refractivity contribution is -0.153. The van der Waals surface area contributed by atoms with Crippen LogP contribution in [0, 0.1) is 17.3 Å². The summed E-state index contributed by atoms with van der Waals surface area (Å²) in [4.78, 5) is 12.1. The minimum Gasteiger partial charge on any atom is -0.465 e. The number of aliphatic hydroxyl groups is 2. The Kier molecular flexibility index (Phi) is 11.4. The van der Waals surface area contributed by atoms with Crippen molar-refractivity contribution >= 4 is 24.7 Å². The summed E-state index contributed by atoms with van der Waals surface area (Å²) >= 11 is 0. The number of carbonyl (C=O) groups is 1. The van der Waals surface area contributed by atoms with Gasteiger partial charge in [-0.2, -0.15) is 0 Å². The Labute approximate surface area is 219 Å². The van der Waals surface area contributed by atoms with Gasteiger partial charge in [0.05, 0.1) is 12.0 Å². The van der Waals surface area contributed by atoms with E-state index in [2.05, 4.69) is 69.3 Å². The third kappa shape index (κ3) is 7.75. The molecule has 0 saturated carbocycles. The molecule has 2 atom stereocenters. The second-order valence-electron chi connectivity index (χ2n) is 11.7. The highest BCUT2D eigenvalue weighted by molar-refractivity contribution is 6.99.